The summed E-state index contributed by atoms with van der Waals surface area (Å²) >= 11 is 7.48. The number of halogens is 1. The van der Waals surface area contributed by atoms with Gasteiger partial charge in [-0.05, 0) is 61.6 Å². The van der Waals surface area contributed by atoms with Gasteiger partial charge in [0.25, 0.3) is 10.0 Å². The van der Waals surface area contributed by atoms with Gasteiger partial charge in [0.2, 0.25) is 0 Å². The van der Waals surface area contributed by atoms with E-state index in [-0.39, 0.29) is 0 Å². The van der Waals surface area contributed by atoms with Crippen LogP contribution in [-0.2, 0) is 10.0 Å². The second kappa shape index (κ2) is 6.43. The number of H-pyrrole nitrogens is 1. The Morgan fingerprint density at radius 3 is 2.64 bits per heavy atom. The molecule has 0 aliphatic carbocycles. The third kappa shape index (κ3) is 3.12. The summed E-state index contributed by atoms with van der Waals surface area (Å²) in [4.78, 5) is 4.31. The van der Waals surface area contributed by atoms with Crippen molar-refractivity contribution in [1.82, 2.24) is 9.29 Å². The van der Waals surface area contributed by atoms with Gasteiger partial charge < -0.3 is 4.98 Å². The Balaban J connectivity index is 1.54. The van der Waals surface area contributed by atoms with Gasteiger partial charge in [0.15, 0.2) is 0 Å². The van der Waals surface area contributed by atoms with Crippen molar-refractivity contribution in [3.05, 3.63) is 52.0 Å². The van der Waals surface area contributed by atoms with Crippen molar-refractivity contribution in [3.63, 3.8) is 0 Å². The number of nitrogens with zero attached hydrogens (tertiary/aromatic N) is 1. The molecule has 0 amide bonds. The quantitative estimate of drug-likeness (QED) is 0.696. The highest BCUT2D eigenvalue weighted by molar-refractivity contribution is 7.91. The Morgan fingerprint density at radius 2 is 1.96 bits per heavy atom. The van der Waals surface area contributed by atoms with Crippen molar-refractivity contribution in [2.45, 2.75) is 29.9 Å². The average Bonchev–Trinajstić information content (AvgIpc) is 3.21. The van der Waals surface area contributed by atoms with Gasteiger partial charge in [0, 0.05) is 40.1 Å². The molecular weight excluding hydrogens is 376 g/mol. The van der Waals surface area contributed by atoms with Gasteiger partial charge in [-0.2, -0.15) is 4.31 Å². The molecule has 132 valence electrons. The van der Waals surface area contributed by atoms with Crippen molar-refractivity contribution in [2.24, 2.45) is 0 Å². The number of rotatable bonds is 3. The first-order valence-corrected chi connectivity index (χ1v) is 10.9. The lowest BCUT2D eigenvalue weighted by molar-refractivity contribution is 0.321. The SMILES string of the molecule is Cc1ccc(S(=O)(=O)N2CCC(c3c[nH]c4ccc(Cl)cc34)CC2)s1. The number of nitrogens with one attached hydrogen (secondary N) is 1. The van der Waals surface area contributed by atoms with E-state index in [4.69, 9.17) is 11.6 Å². The molecule has 4 nitrogen and oxygen atoms in total. The Bertz CT molecular complexity index is 1010. The van der Waals surface area contributed by atoms with Gasteiger partial charge >= 0.3 is 0 Å². The van der Waals surface area contributed by atoms with Crippen LogP contribution in [0.2, 0.25) is 5.02 Å². The zero-order valence-corrected chi connectivity index (χ0v) is 16.2. The minimum absolute atomic E-state index is 0.351. The lowest BCUT2D eigenvalue weighted by atomic mass is 9.90. The molecule has 1 aliphatic heterocycles. The summed E-state index contributed by atoms with van der Waals surface area (Å²) in [5.41, 5.74) is 2.31. The zero-order chi connectivity index (χ0) is 17.6. The molecule has 0 unspecified atom stereocenters. The molecule has 25 heavy (non-hydrogen) atoms. The van der Waals surface area contributed by atoms with Gasteiger partial charge in [0.05, 0.1) is 0 Å². The number of hydrogen-bond acceptors (Lipinski definition) is 3. The summed E-state index contributed by atoms with van der Waals surface area (Å²) in [6.07, 6.45) is 3.69. The largest absolute Gasteiger partial charge is 0.361 e. The molecule has 1 aromatic carbocycles. The molecule has 0 spiro atoms. The maximum Gasteiger partial charge on any atom is 0.252 e. The maximum absolute atomic E-state index is 12.8. The monoisotopic (exact) mass is 394 g/mol. The number of aryl methyl sites for hydroxylation is 1. The lowest BCUT2D eigenvalue weighted by Crippen LogP contribution is -2.37. The minimum Gasteiger partial charge on any atom is -0.361 e. The van der Waals surface area contributed by atoms with Crippen molar-refractivity contribution in [1.29, 1.82) is 0 Å². The summed E-state index contributed by atoms with van der Waals surface area (Å²) < 4.78 is 27.6. The molecule has 3 heterocycles. The van der Waals surface area contributed by atoms with E-state index >= 15 is 0 Å². The maximum atomic E-state index is 12.8. The van der Waals surface area contributed by atoms with E-state index in [0.717, 1.165) is 33.6 Å². The van der Waals surface area contributed by atoms with Crippen LogP contribution in [-0.4, -0.2) is 30.8 Å². The van der Waals surface area contributed by atoms with Crippen LogP contribution in [0, 0.1) is 6.92 Å². The first kappa shape index (κ1) is 17.1. The highest BCUT2D eigenvalue weighted by Crippen LogP contribution is 2.36. The molecule has 0 saturated carbocycles. The molecule has 7 heteroatoms. The van der Waals surface area contributed by atoms with Crippen LogP contribution in [0.1, 0.15) is 29.2 Å². The molecular formula is C18H19ClN2O2S2. The van der Waals surface area contributed by atoms with E-state index in [2.05, 4.69) is 4.98 Å². The van der Waals surface area contributed by atoms with Crippen molar-refractivity contribution < 1.29 is 8.42 Å². The van der Waals surface area contributed by atoms with E-state index in [9.17, 15) is 8.42 Å². The average molecular weight is 395 g/mol. The van der Waals surface area contributed by atoms with Gasteiger partial charge in [-0.25, -0.2) is 8.42 Å². The van der Waals surface area contributed by atoms with Crippen molar-refractivity contribution >= 4 is 43.9 Å². The van der Waals surface area contributed by atoms with Crippen LogP contribution in [0.5, 0.6) is 0 Å². The van der Waals surface area contributed by atoms with E-state index in [0.29, 0.717) is 23.2 Å². The predicted octanol–water partition coefficient (Wildman–Crippen LogP) is 4.76. The van der Waals surface area contributed by atoms with E-state index in [1.807, 2.05) is 37.4 Å². The van der Waals surface area contributed by atoms with E-state index < -0.39 is 10.0 Å². The van der Waals surface area contributed by atoms with E-state index in [1.54, 1.807) is 10.4 Å². The van der Waals surface area contributed by atoms with Crippen LogP contribution in [0.25, 0.3) is 10.9 Å². The fourth-order valence-electron chi connectivity index (χ4n) is 3.54. The Labute approximate surface area is 156 Å². The second-order valence-electron chi connectivity index (χ2n) is 6.48. The number of piperidine rings is 1. The number of fused-ring (bicyclic) bond motifs is 1. The second-order valence-corrected chi connectivity index (χ2v) is 10.4. The fraction of sp³-hybridized carbons (Fsp3) is 0.333. The van der Waals surface area contributed by atoms with Gasteiger partial charge in [0.1, 0.15) is 4.21 Å². The molecule has 0 radical (unpaired) electrons. The first-order chi connectivity index (χ1) is 11.9. The third-order valence-electron chi connectivity index (χ3n) is 4.88. The summed E-state index contributed by atoms with van der Waals surface area (Å²) in [5.74, 6) is 0.351. The molecule has 1 aliphatic rings. The molecule has 2 aromatic heterocycles. The number of hydrogen-bond donors (Lipinski definition) is 1. The lowest BCUT2D eigenvalue weighted by Gasteiger charge is -2.30. The topological polar surface area (TPSA) is 53.2 Å². The number of sulfonamides is 1. The van der Waals surface area contributed by atoms with E-state index in [1.165, 1.54) is 16.9 Å². The van der Waals surface area contributed by atoms with Gasteiger partial charge in [-0.15, -0.1) is 11.3 Å². The highest BCUT2D eigenvalue weighted by Gasteiger charge is 2.31. The van der Waals surface area contributed by atoms with Crippen LogP contribution < -0.4 is 0 Å². The van der Waals surface area contributed by atoms with Crippen LogP contribution in [0.4, 0.5) is 0 Å². The Hall–Kier alpha value is -1.34. The summed E-state index contributed by atoms with van der Waals surface area (Å²) in [6, 6.07) is 9.42. The minimum atomic E-state index is -3.36. The number of aromatic nitrogens is 1. The standard InChI is InChI=1S/C18H19ClN2O2S2/c1-12-2-5-18(24-12)25(22,23)21-8-6-13(7-9-21)16-11-20-17-4-3-14(19)10-15(16)17/h2-5,10-11,13,20H,6-9H2,1H3. The molecule has 1 saturated heterocycles. The van der Waals surface area contributed by atoms with Crippen LogP contribution in [0.3, 0.4) is 0 Å². The Kier molecular flexibility index (Phi) is 4.40. The number of benzene rings is 1. The Morgan fingerprint density at radius 1 is 1.20 bits per heavy atom. The van der Waals surface area contributed by atoms with Gasteiger partial charge in [-0.1, -0.05) is 11.6 Å². The van der Waals surface area contributed by atoms with Crippen LogP contribution in [0.15, 0.2) is 40.7 Å². The highest BCUT2D eigenvalue weighted by atomic mass is 35.5. The van der Waals surface area contributed by atoms with Crippen LogP contribution >= 0.6 is 22.9 Å². The fourth-order valence-corrected chi connectivity index (χ4v) is 6.62. The summed E-state index contributed by atoms with van der Waals surface area (Å²) in [6.45, 7) is 3.03. The summed E-state index contributed by atoms with van der Waals surface area (Å²) in [5, 5.41) is 1.86. The first-order valence-electron chi connectivity index (χ1n) is 8.28. The predicted molar refractivity (Wildman–Crippen MR) is 103 cm³/mol. The molecule has 3 aromatic rings. The zero-order valence-electron chi connectivity index (χ0n) is 13.8. The molecule has 1 N–H and O–H groups in total. The molecule has 0 bridgehead atoms. The molecule has 0 atom stereocenters. The smallest absolute Gasteiger partial charge is 0.252 e. The number of thiophene rings is 1. The molecule has 4 rings (SSSR count). The van der Waals surface area contributed by atoms with Gasteiger partial charge in [-0.3, -0.25) is 0 Å². The molecule has 1 fully saturated rings. The van der Waals surface area contributed by atoms with Crippen molar-refractivity contribution in [2.75, 3.05) is 13.1 Å². The third-order valence-corrected chi connectivity index (χ3v) is 8.48. The summed E-state index contributed by atoms with van der Waals surface area (Å²) in [7, 11) is -3.36. The normalized spacial score (nSPS) is 17.4. The van der Waals surface area contributed by atoms with Crippen molar-refractivity contribution in [3.8, 4) is 0 Å². The number of aromatic amines is 1.